The van der Waals surface area contributed by atoms with E-state index < -0.39 is 11.0 Å². The minimum Gasteiger partial charge on any atom is -0.460 e. The van der Waals surface area contributed by atoms with Crippen molar-refractivity contribution in [1.82, 2.24) is 9.97 Å². The minimum atomic E-state index is -0.611. The van der Waals surface area contributed by atoms with Crippen molar-refractivity contribution in [2.75, 3.05) is 22.9 Å². The summed E-state index contributed by atoms with van der Waals surface area (Å²) in [5.74, 6) is 1.27. The third kappa shape index (κ3) is 3.78. The van der Waals surface area contributed by atoms with E-state index in [1.54, 1.807) is 6.33 Å². The maximum atomic E-state index is 13.6. The standard InChI is InChI=1S/C27H37N5O3/c1-16-13-31(17(2)10-19(16)23(33)35-25(3,4)5)21-20-22(30-15-29-21)32(14-27(20)8-7-9-27)24(34)26(6)11-18(26)12-28/h15-19H,7-11,13-14H2,1-6H3/t16-,17+,18?,19?,26?/m1/s1. The van der Waals surface area contributed by atoms with Crippen LogP contribution in [0, 0.1) is 34.5 Å². The monoisotopic (exact) mass is 479 g/mol. The summed E-state index contributed by atoms with van der Waals surface area (Å²) < 4.78 is 5.72. The molecule has 188 valence electrons. The fourth-order valence-electron chi connectivity index (χ4n) is 6.34. The molecule has 4 aliphatic rings. The average molecular weight is 480 g/mol. The van der Waals surface area contributed by atoms with Gasteiger partial charge in [-0.2, -0.15) is 5.26 Å². The summed E-state index contributed by atoms with van der Waals surface area (Å²) in [7, 11) is 0. The fraction of sp³-hybridized carbons (Fsp3) is 0.741. The third-order valence-electron chi connectivity index (χ3n) is 8.77. The van der Waals surface area contributed by atoms with E-state index in [2.05, 4.69) is 29.8 Å². The van der Waals surface area contributed by atoms with Crippen molar-refractivity contribution in [2.24, 2.45) is 23.2 Å². The zero-order chi connectivity index (χ0) is 25.3. The van der Waals surface area contributed by atoms with Gasteiger partial charge in [-0.1, -0.05) is 13.3 Å². The zero-order valence-corrected chi connectivity index (χ0v) is 21.8. The first-order chi connectivity index (χ1) is 16.4. The van der Waals surface area contributed by atoms with E-state index in [0.717, 1.165) is 36.5 Å². The van der Waals surface area contributed by atoms with Gasteiger partial charge in [-0.25, -0.2) is 9.97 Å². The highest BCUT2D eigenvalue weighted by Gasteiger charge is 2.61. The number of carbonyl (C=O) groups is 2. The van der Waals surface area contributed by atoms with Crippen LogP contribution in [0.1, 0.15) is 79.2 Å². The Morgan fingerprint density at radius 3 is 2.46 bits per heavy atom. The van der Waals surface area contributed by atoms with Gasteiger partial charge in [0, 0.05) is 30.1 Å². The molecule has 35 heavy (non-hydrogen) atoms. The average Bonchev–Trinajstić information content (AvgIpc) is 3.30. The van der Waals surface area contributed by atoms with Crippen molar-refractivity contribution in [2.45, 2.75) is 90.7 Å². The summed E-state index contributed by atoms with van der Waals surface area (Å²) in [6.07, 6.45) is 6.04. The molecule has 1 saturated heterocycles. The largest absolute Gasteiger partial charge is 0.460 e. The molecular weight excluding hydrogens is 442 g/mol. The van der Waals surface area contributed by atoms with Crippen LogP contribution in [0.5, 0.6) is 0 Å². The number of hydrogen-bond donors (Lipinski definition) is 0. The van der Waals surface area contributed by atoms with Gasteiger partial charge in [0.2, 0.25) is 5.91 Å². The van der Waals surface area contributed by atoms with Crippen molar-refractivity contribution in [1.29, 1.82) is 5.26 Å². The number of rotatable bonds is 3. The highest BCUT2D eigenvalue weighted by Crippen LogP contribution is 2.59. The second-order valence-corrected chi connectivity index (χ2v) is 12.6. The highest BCUT2D eigenvalue weighted by molar-refractivity contribution is 6.02. The highest BCUT2D eigenvalue weighted by atomic mass is 16.6. The Balaban J connectivity index is 1.45. The van der Waals surface area contributed by atoms with E-state index in [1.807, 2.05) is 32.6 Å². The summed E-state index contributed by atoms with van der Waals surface area (Å²) in [4.78, 5) is 40.0. The predicted octanol–water partition coefficient (Wildman–Crippen LogP) is 3.99. The van der Waals surface area contributed by atoms with Crippen molar-refractivity contribution in [3.8, 4) is 6.07 Å². The summed E-state index contributed by atoms with van der Waals surface area (Å²) in [5.41, 5.74) is -0.132. The maximum Gasteiger partial charge on any atom is 0.309 e. The van der Waals surface area contributed by atoms with E-state index >= 15 is 0 Å². The molecule has 2 aliphatic carbocycles. The molecule has 0 bridgehead atoms. The fourth-order valence-corrected chi connectivity index (χ4v) is 6.34. The van der Waals surface area contributed by atoms with Crippen LogP contribution in [0.2, 0.25) is 0 Å². The second kappa shape index (κ2) is 7.91. The minimum absolute atomic E-state index is 0.0174. The molecule has 3 unspecified atom stereocenters. The zero-order valence-electron chi connectivity index (χ0n) is 21.8. The number of anilines is 2. The normalized spacial score (nSPS) is 33.1. The van der Waals surface area contributed by atoms with Gasteiger partial charge in [-0.3, -0.25) is 14.5 Å². The Morgan fingerprint density at radius 1 is 1.20 bits per heavy atom. The molecule has 3 fully saturated rings. The van der Waals surface area contributed by atoms with Gasteiger partial charge >= 0.3 is 5.97 Å². The molecule has 2 saturated carbocycles. The molecule has 8 nitrogen and oxygen atoms in total. The van der Waals surface area contributed by atoms with E-state index in [9.17, 15) is 14.9 Å². The maximum absolute atomic E-state index is 13.6. The number of hydrogen-bond acceptors (Lipinski definition) is 7. The van der Waals surface area contributed by atoms with Crippen LogP contribution in [-0.2, 0) is 19.7 Å². The SMILES string of the molecule is C[C@@H]1CN(c2ncnc3c2C2(CCC2)CN3C(=O)C2(C)CC2C#N)[C@@H](C)CC1C(=O)OC(C)(C)C. The number of nitrogens with zero attached hydrogens (tertiary/aromatic N) is 5. The lowest BCUT2D eigenvalue weighted by atomic mass is 9.65. The Bertz CT molecular complexity index is 1100. The summed E-state index contributed by atoms with van der Waals surface area (Å²) in [5, 5.41) is 9.39. The van der Waals surface area contributed by atoms with Crippen molar-refractivity contribution < 1.29 is 14.3 Å². The van der Waals surface area contributed by atoms with Gasteiger partial charge in [0.15, 0.2) is 0 Å². The third-order valence-corrected chi connectivity index (χ3v) is 8.77. The van der Waals surface area contributed by atoms with E-state index in [4.69, 9.17) is 9.72 Å². The molecule has 0 N–H and O–H groups in total. The molecule has 2 aliphatic heterocycles. The predicted molar refractivity (Wildman–Crippen MR) is 132 cm³/mol. The first-order valence-corrected chi connectivity index (χ1v) is 13.0. The van der Waals surface area contributed by atoms with Gasteiger partial charge in [-0.15, -0.1) is 0 Å². The number of fused-ring (bicyclic) bond motifs is 2. The smallest absolute Gasteiger partial charge is 0.309 e. The molecule has 8 heteroatoms. The van der Waals surface area contributed by atoms with E-state index in [1.165, 1.54) is 0 Å². The molecular formula is C27H37N5O3. The lowest BCUT2D eigenvalue weighted by Crippen LogP contribution is -2.50. The molecule has 5 atom stereocenters. The molecule has 0 aromatic carbocycles. The Hall–Kier alpha value is -2.69. The van der Waals surface area contributed by atoms with Crippen molar-refractivity contribution in [3.05, 3.63) is 11.9 Å². The Kier molecular flexibility index (Phi) is 5.43. The number of piperidine rings is 1. The molecule has 5 rings (SSSR count). The van der Waals surface area contributed by atoms with E-state index in [-0.39, 0.29) is 41.1 Å². The van der Waals surface area contributed by atoms with Gasteiger partial charge in [0.05, 0.1) is 23.3 Å². The van der Waals surface area contributed by atoms with Crippen LogP contribution in [-0.4, -0.2) is 46.6 Å². The second-order valence-electron chi connectivity index (χ2n) is 12.6. The summed E-state index contributed by atoms with van der Waals surface area (Å²) in [6.45, 7) is 13.2. The lowest BCUT2D eigenvalue weighted by molar-refractivity contribution is -0.162. The Morgan fingerprint density at radius 2 is 1.89 bits per heavy atom. The van der Waals surface area contributed by atoms with Crippen LogP contribution in [0.15, 0.2) is 6.33 Å². The van der Waals surface area contributed by atoms with Gasteiger partial charge < -0.3 is 9.64 Å². The van der Waals surface area contributed by atoms with Crippen LogP contribution in [0.4, 0.5) is 11.6 Å². The number of carbonyl (C=O) groups excluding carboxylic acids is 2. The number of ether oxygens (including phenoxy) is 1. The molecule has 0 radical (unpaired) electrons. The first kappa shape index (κ1) is 24.0. The Labute approximate surface area is 208 Å². The number of nitriles is 1. The van der Waals surface area contributed by atoms with E-state index in [0.29, 0.717) is 25.9 Å². The first-order valence-electron chi connectivity index (χ1n) is 13.0. The van der Waals surface area contributed by atoms with Crippen LogP contribution in [0.3, 0.4) is 0 Å². The van der Waals surface area contributed by atoms with Gasteiger partial charge in [-0.05, 0) is 66.2 Å². The number of amides is 1. The van der Waals surface area contributed by atoms with Gasteiger partial charge in [0.25, 0.3) is 0 Å². The summed E-state index contributed by atoms with van der Waals surface area (Å²) in [6, 6.07) is 2.39. The molecule has 3 heterocycles. The van der Waals surface area contributed by atoms with Gasteiger partial charge in [0.1, 0.15) is 23.6 Å². The summed E-state index contributed by atoms with van der Waals surface area (Å²) >= 11 is 0. The molecule has 1 aromatic heterocycles. The molecule has 1 aromatic rings. The quantitative estimate of drug-likeness (QED) is 0.605. The van der Waals surface area contributed by atoms with Crippen molar-refractivity contribution >= 4 is 23.5 Å². The topological polar surface area (TPSA) is 99.4 Å². The van der Waals surface area contributed by atoms with Crippen LogP contribution >= 0.6 is 0 Å². The van der Waals surface area contributed by atoms with Crippen molar-refractivity contribution in [3.63, 3.8) is 0 Å². The van der Waals surface area contributed by atoms with Crippen LogP contribution in [0.25, 0.3) is 0 Å². The number of aromatic nitrogens is 2. The lowest BCUT2D eigenvalue weighted by Gasteiger charge is -2.45. The van der Waals surface area contributed by atoms with Crippen LogP contribution < -0.4 is 9.80 Å². The molecule has 1 spiro atoms. The number of esters is 1. The molecule has 1 amide bonds.